The summed E-state index contributed by atoms with van der Waals surface area (Å²) in [6, 6.07) is -0.545. The molecule has 1 heterocycles. The topological polar surface area (TPSA) is 59.0 Å². The van der Waals surface area contributed by atoms with Crippen LogP contribution in [0.15, 0.2) is 4.99 Å². The second-order valence-corrected chi connectivity index (χ2v) is 3.28. The van der Waals surface area contributed by atoms with Crippen LogP contribution < -0.4 is 0 Å². The average molecular weight is 198 g/mol. The molecule has 14 heavy (non-hydrogen) atoms. The van der Waals surface area contributed by atoms with Crippen molar-refractivity contribution in [3.05, 3.63) is 0 Å². The Labute approximate surface area is 82.7 Å². The lowest BCUT2D eigenvalue weighted by molar-refractivity contribution is -0.150. The number of carbonyl (C=O) groups excluding carboxylic acids is 2. The van der Waals surface area contributed by atoms with Crippen LogP contribution in [-0.2, 0) is 14.3 Å². The number of ether oxygens (including phenoxy) is 1. The molecule has 2 atom stereocenters. The SMILES string of the molecule is C=N[C@H]1C[C@@H](C(=O)OC)N(C(C)=O)C1. The summed E-state index contributed by atoms with van der Waals surface area (Å²) in [4.78, 5) is 27.8. The van der Waals surface area contributed by atoms with Gasteiger partial charge in [-0.05, 0) is 6.72 Å². The molecular formula is C9H14N2O3. The molecule has 0 aromatic heterocycles. The number of amides is 1. The van der Waals surface area contributed by atoms with Crippen LogP contribution in [0, 0.1) is 0 Å². The van der Waals surface area contributed by atoms with E-state index in [2.05, 4.69) is 16.4 Å². The van der Waals surface area contributed by atoms with Gasteiger partial charge in [-0.25, -0.2) is 4.79 Å². The fourth-order valence-electron chi connectivity index (χ4n) is 1.65. The van der Waals surface area contributed by atoms with Crippen LogP contribution in [0.1, 0.15) is 13.3 Å². The van der Waals surface area contributed by atoms with Crippen molar-refractivity contribution in [2.45, 2.75) is 25.4 Å². The zero-order chi connectivity index (χ0) is 10.7. The number of rotatable bonds is 2. The minimum atomic E-state index is -0.493. The van der Waals surface area contributed by atoms with E-state index in [1.807, 2.05) is 0 Å². The highest BCUT2D eigenvalue weighted by Gasteiger charge is 2.38. The maximum atomic E-state index is 11.3. The average Bonchev–Trinajstić information content (AvgIpc) is 2.60. The van der Waals surface area contributed by atoms with E-state index in [4.69, 9.17) is 0 Å². The quantitative estimate of drug-likeness (QED) is 0.458. The minimum absolute atomic E-state index is 0.0528. The Bertz CT molecular complexity index is 265. The van der Waals surface area contributed by atoms with Crippen molar-refractivity contribution in [3.63, 3.8) is 0 Å². The zero-order valence-electron chi connectivity index (χ0n) is 8.40. The summed E-state index contributed by atoms with van der Waals surface area (Å²) in [7, 11) is 1.31. The van der Waals surface area contributed by atoms with Crippen LogP contribution in [0.4, 0.5) is 0 Å². The fourth-order valence-corrected chi connectivity index (χ4v) is 1.65. The first-order valence-electron chi connectivity index (χ1n) is 4.41. The molecule has 0 bridgehead atoms. The summed E-state index contributed by atoms with van der Waals surface area (Å²) in [5.41, 5.74) is 0. The molecule has 0 aromatic rings. The molecular weight excluding hydrogens is 184 g/mol. The first-order chi connectivity index (χ1) is 6.60. The summed E-state index contributed by atoms with van der Waals surface area (Å²) < 4.78 is 4.61. The first kappa shape index (κ1) is 10.7. The van der Waals surface area contributed by atoms with E-state index in [-0.39, 0.29) is 17.9 Å². The van der Waals surface area contributed by atoms with Crippen LogP contribution >= 0.6 is 0 Å². The lowest BCUT2D eigenvalue weighted by Gasteiger charge is -2.20. The summed E-state index contributed by atoms with van der Waals surface area (Å²) in [5, 5.41) is 0. The molecule has 0 saturated carbocycles. The molecule has 78 valence electrons. The lowest BCUT2D eigenvalue weighted by Crippen LogP contribution is -2.39. The summed E-state index contributed by atoms with van der Waals surface area (Å²) >= 11 is 0. The number of nitrogens with zero attached hydrogens (tertiary/aromatic N) is 2. The van der Waals surface area contributed by atoms with Crippen LogP contribution in [0.2, 0.25) is 0 Å². The van der Waals surface area contributed by atoms with E-state index in [0.29, 0.717) is 13.0 Å². The molecule has 0 aromatic carbocycles. The summed E-state index contributed by atoms with van der Waals surface area (Å²) in [6.45, 7) is 5.30. The van der Waals surface area contributed by atoms with Gasteiger partial charge in [-0.15, -0.1) is 0 Å². The van der Waals surface area contributed by atoms with Crippen molar-refractivity contribution < 1.29 is 14.3 Å². The molecule has 0 spiro atoms. The number of esters is 1. The van der Waals surface area contributed by atoms with Gasteiger partial charge in [0, 0.05) is 19.9 Å². The zero-order valence-corrected chi connectivity index (χ0v) is 8.40. The molecule has 1 amide bonds. The molecule has 0 aliphatic carbocycles. The standard InChI is InChI=1S/C9H14N2O3/c1-6(12)11-5-7(10-2)4-8(11)9(13)14-3/h7-8H,2,4-5H2,1,3H3/t7-,8-/m0/s1. The van der Waals surface area contributed by atoms with Gasteiger partial charge in [0.15, 0.2) is 0 Å². The van der Waals surface area contributed by atoms with Gasteiger partial charge in [-0.1, -0.05) is 0 Å². The van der Waals surface area contributed by atoms with Gasteiger partial charge in [-0.2, -0.15) is 0 Å². The Kier molecular flexibility index (Phi) is 3.22. The normalized spacial score (nSPS) is 26.0. The number of hydrogen-bond acceptors (Lipinski definition) is 4. The molecule has 1 fully saturated rings. The predicted molar refractivity (Wildman–Crippen MR) is 51.1 cm³/mol. The second kappa shape index (κ2) is 4.21. The van der Waals surface area contributed by atoms with Crippen LogP contribution in [-0.4, -0.2) is 49.2 Å². The van der Waals surface area contributed by atoms with Crippen molar-refractivity contribution in [2.75, 3.05) is 13.7 Å². The van der Waals surface area contributed by atoms with Crippen molar-refractivity contribution in [1.82, 2.24) is 4.90 Å². The summed E-state index contributed by atoms with van der Waals surface area (Å²) in [5.74, 6) is -0.516. The number of likely N-dealkylation sites (tertiary alicyclic amines) is 1. The van der Waals surface area contributed by atoms with Gasteiger partial charge >= 0.3 is 5.97 Å². The van der Waals surface area contributed by atoms with Crippen molar-refractivity contribution in [2.24, 2.45) is 4.99 Å². The van der Waals surface area contributed by atoms with Gasteiger partial charge in [0.25, 0.3) is 0 Å². The van der Waals surface area contributed by atoms with Crippen LogP contribution in [0.3, 0.4) is 0 Å². The number of aliphatic imine (C=N–C) groups is 1. The number of carbonyl (C=O) groups is 2. The van der Waals surface area contributed by atoms with Crippen LogP contribution in [0.25, 0.3) is 0 Å². The highest BCUT2D eigenvalue weighted by Crippen LogP contribution is 2.21. The van der Waals surface area contributed by atoms with Gasteiger partial charge in [0.05, 0.1) is 13.2 Å². The Morgan fingerprint density at radius 1 is 1.57 bits per heavy atom. The van der Waals surface area contributed by atoms with E-state index >= 15 is 0 Å². The minimum Gasteiger partial charge on any atom is -0.467 e. The van der Waals surface area contributed by atoms with E-state index in [0.717, 1.165) is 0 Å². The predicted octanol–water partition coefficient (Wildman–Crippen LogP) is -0.151. The molecule has 5 heteroatoms. The van der Waals surface area contributed by atoms with E-state index < -0.39 is 6.04 Å². The molecule has 1 saturated heterocycles. The summed E-state index contributed by atoms with van der Waals surface area (Å²) in [6.07, 6.45) is 0.510. The van der Waals surface area contributed by atoms with Gasteiger partial charge in [0.2, 0.25) is 5.91 Å². The van der Waals surface area contributed by atoms with E-state index in [1.165, 1.54) is 18.9 Å². The first-order valence-corrected chi connectivity index (χ1v) is 4.41. The molecule has 0 unspecified atom stereocenters. The highest BCUT2D eigenvalue weighted by molar-refractivity contribution is 5.84. The molecule has 5 nitrogen and oxygen atoms in total. The van der Waals surface area contributed by atoms with Crippen molar-refractivity contribution >= 4 is 18.6 Å². The number of hydrogen-bond donors (Lipinski definition) is 0. The van der Waals surface area contributed by atoms with Gasteiger partial charge in [0.1, 0.15) is 6.04 Å². The second-order valence-electron chi connectivity index (χ2n) is 3.28. The van der Waals surface area contributed by atoms with Gasteiger partial charge < -0.3 is 9.64 Å². The monoisotopic (exact) mass is 198 g/mol. The molecule has 1 aliphatic rings. The highest BCUT2D eigenvalue weighted by atomic mass is 16.5. The largest absolute Gasteiger partial charge is 0.467 e. The van der Waals surface area contributed by atoms with Gasteiger partial charge in [-0.3, -0.25) is 9.79 Å². The van der Waals surface area contributed by atoms with Crippen molar-refractivity contribution in [3.8, 4) is 0 Å². The smallest absolute Gasteiger partial charge is 0.328 e. The van der Waals surface area contributed by atoms with Crippen molar-refractivity contribution in [1.29, 1.82) is 0 Å². The Morgan fingerprint density at radius 2 is 2.21 bits per heavy atom. The third kappa shape index (κ3) is 1.92. The lowest BCUT2D eigenvalue weighted by atomic mass is 10.2. The van der Waals surface area contributed by atoms with E-state index in [9.17, 15) is 9.59 Å². The Morgan fingerprint density at radius 3 is 2.64 bits per heavy atom. The molecule has 1 rings (SSSR count). The maximum Gasteiger partial charge on any atom is 0.328 e. The van der Waals surface area contributed by atoms with Crippen LogP contribution in [0.5, 0.6) is 0 Å². The third-order valence-corrected chi connectivity index (χ3v) is 2.41. The molecule has 0 radical (unpaired) electrons. The fraction of sp³-hybridized carbons (Fsp3) is 0.667. The van der Waals surface area contributed by atoms with E-state index in [1.54, 1.807) is 0 Å². The number of methoxy groups -OCH3 is 1. The Hall–Kier alpha value is -1.39. The Balaban J connectivity index is 2.76. The molecule has 1 aliphatic heterocycles. The maximum absolute atomic E-state index is 11.3. The molecule has 0 N–H and O–H groups in total. The third-order valence-electron chi connectivity index (χ3n) is 2.41.